The van der Waals surface area contributed by atoms with Crippen molar-refractivity contribution in [1.29, 1.82) is 0 Å². The molecule has 0 radical (unpaired) electrons. The van der Waals surface area contributed by atoms with E-state index in [0.717, 1.165) is 12.2 Å². The van der Waals surface area contributed by atoms with E-state index >= 15 is 0 Å². The molecule has 6 amide bonds. The van der Waals surface area contributed by atoms with E-state index in [0.29, 0.717) is 49.4 Å². The van der Waals surface area contributed by atoms with Gasteiger partial charge in [-0.05, 0) is 42.5 Å². The zero-order valence-electron chi connectivity index (χ0n) is 27.4. The third-order valence-electron chi connectivity index (χ3n) is 8.21. The van der Waals surface area contributed by atoms with Gasteiger partial charge in [0.15, 0.2) is 0 Å². The standard InChI is InChI=1S/C34H45N7O8/c35-12-17-48-18-14-37-33(46)27-11-13-36-29(42)9-10-32(45)41-15-3-7-25(41)20-31(44)40-28(21-26-8-4-16-49-26)34(47)38-22-24-6-2-1-5-23(24)19-30(43)39-27/h1-2,4-6,8-10,16,25,27-28H,3,7,11-15,17-22,35H2,(H,36,42)(H,37,46)(H,38,47)(H,39,43)(H,40,44)/b10-9+/t25-,27-,28-/m0/s1. The highest BCUT2D eigenvalue weighted by atomic mass is 16.5. The molecule has 0 aliphatic carbocycles. The largest absolute Gasteiger partial charge is 0.469 e. The Balaban J connectivity index is 1.54. The van der Waals surface area contributed by atoms with Gasteiger partial charge in [-0.3, -0.25) is 28.8 Å². The topological polar surface area (TPSA) is 214 Å². The molecule has 1 saturated heterocycles. The molecular weight excluding hydrogens is 634 g/mol. The molecule has 1 aromatic carbocycles. The van der Waals surface area contributed by atoms with E-state index in [1.54, 1.807) is 41.3 Å². The summed E-state index contributed by atoms with van der Waals surface area (Å²) in [6.07, 6.45) is 5.09. The van der Waals surface area contributed by atoms with Crippen LogP contribution in [0.25, 0.3) is 0 Å². The summed E-state index contributed by atoms with van der Waals surface area (Å²) in [5.74, 6) is -2.22. The number of ether oxygens (including phenoxy) is 1. The number of furan rings is 1. The van der Waals surface area contributed by atoms with Crippen LogP contribution in [0, 0.1) is 0 Å². The molecule has 15 heteroatoms. The van der Waals surface area contributed by atoms with E-state index in [4.69, 9.17) is 14.9 Å². The molecule has 2 aliphatic heterocycles. The maximum atomic E-state index is 13.5. The lowest BCUT2D eigenvalue weighted by molar-refractivity contribution is -0.131. The number of amides is 6. The second kappa shape index (κ2) is 19.1. The van der Waals surface area contributed by atoms with Crippen LogP contribution in [0.15, 0.2) is 59.2 Å². The van der Waals surface area contributed by atoms with Gasteiger partial charge in [0.25, 0.3) is 0 Å². The minimum atomic E-state index is -0.978. The summed E-state index contributed by atoms with van der Waals surface area (Å²) < 4.78 is 10.7. The Morgan fingerprint density at radius 3 is 2.55 bits per heavy atom. The Kier molecular flexibility index (Phi) is 14.3. The molecule has 4 rings (SSSR count). The molecule has 264 valence electrons. The molecule has 3 heterocycles. The molecule has 2 aromatic rings. The number of benzene rings is 1. The van der Waals surface area contributed by atoms with Crippen molar-refractivity contribution in [3.63, 3.8) is 0 Å². The van der Waals surface area contributed by atoms with Crippen molar-refractivity contribution in [2.24, 2.45) is 5.73 Å². The van der Waals surface area contributed by atoms with Crippen LogP contribution in [0.2, 0.25) is 0 Å². The van der Waals surface area contributed by atoms with Crippen molar-refractivity contribution >= 4 is 35.4 Å². The summed E-state index contributed by atoms with van der Waals surface area (Å²) in [6, 6.07) is 8.13. The summed E-state index contributed by atoms with van der Waals surface area (Å²) in [5, 5.41) is 13.8. The van der Waals surface area contributed by atoms with E-state index in [-0.39, 0.29) is 51.9 Å². The molecule has 3 atom stereocenters. The smallest absolute Gasteiger partial charge is 0.247 e. The molecule has 15 nitrogen and oxygen atoms in total. The first-order valence-corrected chi connectivity index (χ1v) is 16.5. The summed E-state index contributed by atoms with van der Waals surface area (Å²) in [7, 11) is 0. The number of nitrogens with two attached hydrogens (primary N) is 1. The monoisotopic (exact) mass is 679 g/mol. The number of nitrogens with zero attached hydrogens (tertiary/aromatic N) is 1. The Labute approximate surface area is 284 Å². The van der Waals surface area contributed by atoms with Gasteiger partial charge in [0.1, 0.15) is 17.8 Å². The number of rotatable bonds is 8. The zero-order chi connectivity index (χ0) is 35.0. The number of hydrogen-bond donors (Lipinski definition) is 6. The van der Waals surface area contributed by atoms with Crippen molar-refractivity contribution in [2.45, 2.75) is 63.2 Å². The first-order chi connectivity index (χ1) is 23.7. The fourth-order valence-electron chi connectivity index (χ4n) is 5.74. The van der Waals surface area contributed by atoms with Crippen molar-refractivity contribution in [1.82, 2.24) is 31.5 Å². The lowest BCUT2D eigenvalue weighted by atomic mass is 10.0. The summed E-state index contributed by atoms with van der Waals surface area (Å²) in [6.45, 7) is 1.66. The fourth-order valence-corrected chi connectivity index (χ4v) is 5.74. The van der Waals surface area contributed by atoms with E-state index in [9.17, 15) is 28.8 Å². The SMILES string of the molecule is NCCOCCNC(=O)[C@@H]1CCNC(=O)/C=C/C(=O)N2CCC[C@H]2CC(=O)N[C@@H](Cc2ccco2)C(=O)NCc2ccccc2CC(=O)N1. The van der Waals surface area contributed by atoms with Crippen molar-refractivity contribution in [3.05, 3.63) is 71.7 Å². The minimum Gasteiger partial charge on any atom is -0.469 e. The van der Waals surface area contributed by atoms with Gasteiger partial charge in [-0.15, -0.1) is 0 Å². The van der Waals surface area contributed by atoms with Gasteiger partial charge < -0.3 is 46.4 Å². The molecule has 7 N–H and O–H groups in total. The van der Waals surface area contributed by atoms with Crippen molar-refractivity contribution in [3.8, 4) is 0 Å². The molecular formula is C34H45N7O8. The van der Waals surface area contributed by atoms with Crippen molar-refractivity contribution < 1.29 is 37.9 Å². The van der Waals surface area contributed by atoms with Crippen LogP contribution in [0.4, 0.5) is 0 Å². The summed E-state index contributed by atoms with van der Waals surface area (Å²) in [5.41, 5.74) is 6.74. The fraction of sp³-hybridized carbons (Fsp3) is 0.471. The first-order valence-electron chi connectivity index (χ1n) is 16.5. The molecule has 0 unspecified atom stereocenters. The van der Waals surface area contributed by atoms with Crippen LogP contribution in [-0.2, 0) is 52.9 Å². The highest BCUT2D eigenvalue weighted by Crippen LogP contribution is 2.21. The second-order valence-corrected chi connectivity index (χ2v) is 11.8. The average Bonchev–Trinajstić information content (AvgIpc) is 3.78. The van der Waals surface area contributed by atoms with E-state index < -0.39 is 53.6 Å². The van der Waals surface area contributed by atoms with Gasteiger partial charge in [0.05, 0.1) is 25.9 Å². The number of hydrogen-bond acceptors (Lipinski definition) is 9. The Bertz CT molecular complexity index is 1480. The minimum absolute atomic E-state index is 0.0196. The lowest BCUT2D eigenvalue weighted by Crippen LogP contribution is -2.49. The zero-order valence-corrected chi connectivity index (χ0v) is 27.4. The quantitative estimate of drug-likeness (QED) is 0.192. The van der Waals surface area contributed by atoms with Crippen LogP contribution >= 0.6 is 0 Å². The third-order valence-corrected chi connectivity index (χ3v) is 8.21. The van der Waals surface area contributed by atoms with Gasteiger partial charge in [-0.25, -0.2) is 0 Å². The Morgan fingerprint density at radius 2 is 1.78 bits per heavy atom. The highest BCUT2D eigenvalue weighted by molar-refractivity contribution is 5.97. The number of fused-ring (bicyclic) bond motifs is 2. The van der Waals surface area contributed by atoms with Crippen LogP contribution < -0.4 is 32.3 Å². The van der Waals surface area contributed by atoms with Crippen LogP contribution in [-0.4, -0.2) is 97.9 Å². The van der Waals surface area contributed by atoms with Gasteiger partial charge in [-0.1, -0.05) is 24.3 Å². The van der Waals surface area contributed by atoms with Gasteiger partial charge in [-0.2, -0.15) is 0 Å². The molecule has 0 spiro atoms. The van der Waals surface area contributed by atoms with Gasteiger partial charge in [0, 0.05) is 63.8 Å². The second-order valence-electron chi connectivity index (χ2n) is 11.8. The molecule has 1 aromatic heterocycles. The third kappa shape index (κ3) is 11.9. The molecule has 0 saturated carbocycles. The normalized spacial score (nSPS) is 22.3. The van der Waals surface area contributed by atoms with E-state index in [2.05, 4.69) is 26.6 Å². The van der Waals surface area contributed by atoms with Crippen LogP contribution in [0.3, 0.4) is 0 Å². The molecule has 0 bridgehead atoms. The predicted molar refractivity (Wildman–Crippen MR) is 177 cm³/mol. The van der Waals surface area contributed by atoms with Crippen molar-refractivity contribution in [2.75, 3.05) is 39.4 Å². The Morgan fingerprint density at radius 1 is 0.959 bits per heavy atom. The maximum absolute atomic E-state index is 13.5. The van der Waals surface area contributed by atoms with Gasteiger partial charge >= 0.3 is 0 Å². The number of nitrogens with one attached hydrogen (secondary N) is 5. The number of carbonyl (C=O) groups is 6. The summed E-state index contributed by atoms with van der Waals surface area (Å²) in [4.78, 5) is 80.1. The van der Waals surface area contributed by atoms with Crippen LogP contribution in [0.5, 0.6) is 0 Å². The molecule has 49 heavy (non-hydrogen) atoms. The Hall–Kier alpha value is -5.02. The van der Waals surface area contributed by atoms with Gasteiger partial charge in [0.2, 0.25) is 35.4 Å². The van der Waals surface area contributed by atoms with E-state index in [1.807, 2.05) is 0 Å². The van der Waals surface area contributed by atoms with E-state index in [1.165, 1.54) is 6.26 Å². The first kappa shape index (κ1) is 36.8. The average molecular weight is 680 g/mol. The molecule has 2 aliphatic rings. The maximum Gasteiger partial charge on any atom is 0.247 e. The predicted octanol–water partition coefficient (Wildman–Crippen LogP) is -0.801. The summed E-state index contributed by atoms with van der Waals surface area (Å²) >= 11 is 0. The lowest BCUT2D eigenvalue weighted by Gasteiger charge is -2.24. The highest BCUT2D eigenvalue weighted by Gasteiger charge is 2.31. The number of carbonyl (C=O) groups excluding carboxylic acids is 6. The molecule has 1 fully saturated rings. The van der Waals surface area contributed by atoms with Crippen LogP contribution in [0.1, 0.15) is 42.6 Å².